The summed E-state index contributed by atoms with van der Waals surface area (Å²) in [7, 11) is 0. The minimum atomic E-state index is -0.183. The molecule has 15 heavy (non-hydrogen) atoms. The molecule has 2 rings (SSSR count). The number of hydrogen-bond donors (Lipinski definition) is 0. The van der Waals surface area contributed by atoms with Gasteiger partial charge in [0.05, 0.1) is 0 Å². The summed E-state index contributed by atoms with van der Waals surface area (Å²) in [5, 5.41) is 0. The zero-order valence-corrected chi connectivity index (χ0v) is 11.8. The van der Waals surface area contributed by atoms with Crippen molar-refractivity contribution in [1.82, 2.24) is 0 Å². The zero-order chi connectivity index (χ0) is 10.9. The van der Waals surface area contributed by atoms with Crippen LogP contribution in [0.5, 0.6) is 0 Å². The molecule has 0 atom stereocenters. The fraction of sp³-hybridized carbons (Fsp3) is 0.286. The molecule has 0 radical (unpaired) electrons. The van der Waals surface area contributed by atoms with E-state index in [-0.39, 0.29) is 20.9 Å². The second-order valence-electron chi connectivity index (χ2n) is 4.78. The molecular formula is C14H16Te. The summed E-state index contributed by atoms with van der Waals surface area (Å²) in [5.41, 5.74) is 1.74. The number of rotatable bonds is 0. The third kappa shape index (κ3) is 2.54. The Kier molecular flexibility index (Phi) is 3.05. The maximum atomic E-state index is 2.32. The van der Waals surface area contributed by atoms with Crippen molar-refractivity contribution in [2.45, 2.75) is 20.8 Å². The van der Waals surface area contributed by atoms with Crippen LogP contribution in [0.4, 0.5) is 0 Å². The molecule has 0 amide bonds. The first kappa shape index (κ1) is 11.0. The van der Waals surface area contributed by atoms with E-state index in [4.69, 9.17) is 0 Å². The number of fused-ring (bicyclic) bond motifs is 1. The van der Waals surface area contributed by atoms with Crippen LogP contribution in [0.1, 0.15) is 26.3 Å². The van der Waals surface area contributed by atoms with Gasteiger partial charge in [0.1, 0.15) is 0 Å². The SMILES string of the molecule is CC(C)(C)C1=CC=Cc2ccccc2[Te]1. The van der Waals surface area contributed by atoms with Crippen molar-refractivity contribution in [3.05, 3.63) is 45.6 Å². The van der Waals surface area contributed by atoms with Gasteiger partial charge in [-0.05, 0) is 0 Å². The van der Waals surface area contributed by atoms with Crippen molar-refractivity contribution in [2.24, 2.45) is 5.41 Å². The van der Waals surface area contributed by atoms with Crippen LogP contribution in [0.2, 0.25) is 0 Å². The fourth-order valence-corrected chi connectivity index (χ4v) is 4.62. The molecule has 78 valence electrons. The van der Waals surface area contributed by atoms with E-state index in [2.05, 4.69) is 63.3 Å². The summed E-state index contributed by atoms with van der Waals surface area (Å²) in [5.74, 6) is 0. The molecule has 0 aromatic heterocycles. The van der Waals surface area contributed by atoms with Crippen LogP contribution in [0.25, 0.3) is 6.08 Å². The monoisotopic (exact) mass is 314 g/mol. The third-order valence-electron chi connectivity index (χ3n) is 2.40. The number of allylic oxidation sites excluding steroid dienone is 3. The van der Waals surface area contributed by atoms with Gasteiger partial charge in [-0.1, -0.05) is 0 Å². The topological polar surface area (TPSA) is 0 Å². The van der Waals surface area contributed by atoms with Gasteiger partial charge in [0.2, 0.25) is 0 Å². The van der Waals surface area contributed by atoms with Crippen LogP contribution < -0.4 is 3.61 Å². The van der Waals surface area contributed by atoms with Crippen LogP contribution in [0.15, 0.2) is 40.0 Å². The van der Waals surface area contributed by atoms with Crippen molar-refractivity contribution < 1.29 is 0 Å². The molecule has 0 N–H and O–H groups in total. The zero-order valence-electron chi connectivity index (χ0n) is 9.45. The van der Waals surface area contributed by atoms with Crippen molar-refractivity contribution in [2.75, 3.05) is 0 Å². The molecule has 0 aliphatic carbocycles. The van der Waals surface area contributed by atoms with Crippen LogP contribution in [-0.4, -0.2) is 20.9 Å². The van der Waals surface area contributed by atoms with Gasteiger partial charge in [-0.3, -0.25) is 0 Å². The average molecular weight is 312 g/mol. The molecule has 0 saturated heterocycles. The summed E-state index contributed by atoms with van der Waals surface area (Å²) in [6.45, 7) is 6.93. The first-order valence-electron chi connectivity index (χ1n) is 5.23. The van der Waals surface area contributed by atoms with Crippen LogP contribution in [0.3, 0.4) is 0 Å². The Morgan fingerprint density at radius 2 is 1.80 bits per heavy atom. The molecular weight excluding hydrogens is 296 g/mol. The van der Waals surface area contributed by atoms with E-state index in [9.17, 15) is 0 Å². The summed E-state index contributed by atoms with van der Waals surface area (Å²) in [6, 6.07) is 8.78. The van der Waals surface area contributed by atoms with E-state index < -0.39 is 0 Å². The summed E-state index contributed by atoms with van der Waals surface area (Å²) < 4.78 is 3.20. The summed E-state index contributed by atoms with van der Waals surface area (Å²) in [4.78, 5) is 0. The molecule has 0 fully saturated rings. The van der Waals surface area contributed by atoms with Crippen molar-refractivity contribution >= 4 is 30.6 Å². The van der Waals surface area contributed by atoms with Crippen LogP contribution in [-0.2, 0) is 0 Å². The van der Waals surface area contributed by atoms with Gasteiger partial charge in [-0.2, -0.15) is 0 Å². The van der Waals surface area contributed by atoms with Crippen molar-refractivity contribution in [1.29, 1.82) is 0 Å². The second kappa shape index (κ2) is 4.16. The van der Waals surface area contributed by atoms with E-state index in [1.54, 1.807) is 7.23 Å². The molecule has 1 heteroatoms. The molecule has 1 heterocycles. The first-order valence-corrected chi connectivity index (χ1v) is 7.56. The third-order valence-corrected chi connectivity index (χ3v) is 6.85. The Morgan fingerprint density at radius 1 is 1.07 bits per heavy atom. The second-order valence-corrected chi connectivity index (χ2v) is 7.87. The van der Waals surface area contributed by atoms with Gasteiger partial charge < -0.3 is 0 Å². The van der Waals surface area contributed by atoms with Gasteiger partial charge in [-0.15, -0.1) is 0 Å². The molecule has 0 bridgehead atoms. The van der Waals surface area contributed by atoms with Gasteiger partial charge in [-0.25, -0.2) is 0 Å². The molecule has 1 aliphatic rings. The van der Waals surface area contributed by atoms with Gasteiger partial charge in [0, 0.05) is 0 Å². The Hall–Kier alpha value is -0.510. The maximum absolute atomic E-state index is 2.32. The van der Waals surface area contributed by atoms with E-state index in [1.165, 1.54) is 5.56 Å². The standard InChI is InChI=1S/C14H16Te/c1-14(2,3)13-10-6-8-11-7-4-5-9-12(11)15-13/h4-10H,1-3H3. The predicted octanol–water partition coefficient (Wildman–Crippen LogP) is 2.97. The number of benzene rings is 1. The fourth-order valence-electron chi connectivity index (χ4n) is 1.51. The Morgan fingerprint density at radius 3 is 2.53 bits per heavy atom. The van der Waals surface area contributed by atoms with Gasteiger partial charge in [0.25, 0.3) is 0 Å². The Bertz CT molecular complexity index is 419. The number of hydrogen-bond acceptors (Lipinski definition) is 0. The average Bonchev–Trinajstić information content (AvgIpc) is 2.38. The molecule has 1 aromatic carbocycles. The van der Waals surface area contributed by atoms with E-state index in [0.29, 0.717) is 5.41 Å². The Balaban J connectivity index is 2.40. The predicted molar refractivity (Wildman–Crippen MR) is 68.4 cm³/mol. The first-order chi connectivity index (χ1) is 7.07. The molecule has 1 aromatic rings. The van der Waals surface area contributed by atoms with Gasteiger partial charge in [0.15, 0.2) is 0 Å². The molecule has 0 saturated carbocycles. The Labute approximate surface area is 102 Å². The quantitative estimate of drug-likeness (QED) is 0.646. The summed E-state index contributed by atoms with van der Waals surface area (Å²) in [6.07, 6.45) is 6.76. The molecule has 0 spiro atoms. The molecule has 1 aliphatic heterocycles. The van der Waals surface area contributed by atoms with Crippen molar-refractivity contribution in [3.8, 4) is 0 Å². The van der Waals surface area contributed by atoms with Crippen LogP contribution >= 0.6 is 0 Å². The van der Waals surface area contributed by atoms with E-state index >= 15 is 0 Å². The minimum absolute atomic E-state index is 0.183. The van der Waals surface area contributed by atoms with E-state index in [0.717, 1.165) is 0 Å². The molecule has 0 nitrogen and oxygen atoms in total. The molecule has 0 unspecified atom stereocenters. The summed E-state index contributed by atoms with van der Waals surface area (Å²) >= 11 is -0.183. The van der Waals surface area contributed by atoms with Crippen molar-refractivity contribution in [3.63, 3.8) is 0 Å². The van der Waals surface area contributed by atoms with Gasteiger partial charge >= 0.3 is 102 Å². The normalized spacial score (nSPS) is 15.5. The van der Waals surface area contributed by atoms with E-state index in [1.807, 2.05) is 0 Å². The van der Waals surface area contributed by atoms with Crippen LogP contribution in [0, 0.1) is 5.41 Å².